The molecular formula is C13H22N4. The van der Waals surface area contributed by atoms with Gasteiger partial charge in [0.2, 0.25) is 0 Å². The van der Waals surface area contributed by atoms with Crippen molar-refractivity contribution in [2.45, 2.75) is 25.4 Å². The molecular weight excluding hydrogens is 212 g/mol. The van der Waals surface area contributed by atoms with Gasteiger partial charge in [-0.05, 0) is 38.6 Å². The van der Waals surface area contributed by atoms with Crippen LogP contribution in [0.4, 0.5) is 5.82 Å². The van der Waals surface area contributed by atoms with Crippen molar-refractivity contribution in [1.82, 2.24) is 9.88 Å². The molecule has 1 saturated heterocycles. The van der Waals surface area contributed by atoms with Crippen LogP contribution < -0.4 is 10.6 Å². The minimum absolute atomic E-state index is 0.506. The average molecular weight is 234 g/mol. The van der Waals surface area contributed by atoms with Gasteiger partial charge >= 0.3 is 0 Å². The molecule has 1 fully saturated rings. The van der Waals surface area contributed by atoms with E-state index < -0.39 is 0 Å². The van der Waals surface area contributed by atoms with E-state index >= 15 is 0 Å². The van der Waals surface area contributed by atoms with Gasteiger partial charge in [-0.3, -0.25) is 0 Å². The molecule has 0 aromatic carbocycles. The van der Waals surface area contributed by atoms with Gasteiger partial charge in [-0.25, -0.2) is 4.98 Å². The smallest absolute Gasteiger partial charge is 0.128 e. The molecule has 4 nitrogen and oxygen atoms in total. The summed E-state index contributed by atoms with van der Waals surface area (Å²) in [6, 6.07) is 6.64. The Kier molecular flexibility index (Phi) is 3.97. The van der Waals surface area contributed by atoms with E-state index in [1.165, 1.54) is 19.4 Å². The molecule has 0 amide bonds. The first-order valence-corrected chi connectivity index (χ1v) is 6.28. The highest BCUT2D eigenvalue weighted by Gasteiger charge is 2.21. The summed E-state index contributed by atoms with van der Waals surface area (Å²) in [5.74, 6) is 1.04. The topological polar surface area (TPSA) is 45.4 Å². The number of nitrogens with two attached hydrogens (primary N) is 1. The predicted molar refractivity (Wildman–Crippen MR) is 71.1 cm³/mol. The summed E-state index contributed by atoms with van der Waals surface area (Å²) in [4.78, 5) is 9.25. The Bertz CT molecular complexity index is 366. The highest BCUT2D eigenvalue weighted by Crippen LogP contribution is 2.19. The molecule has 0 saturated carbocycles. The lowest BCUT2D eigenvalue weighted by Crippen LogP contribution is -2.45. The van der Waals surface area contributed by atoms with Crippen LogP contribution in [0.25, 0.3) is 0 Å². The first-order valence-electron chi connectivity index (χ1n) is 6.28. The molecule has 1 atom stereocenters. The molecule has 2 rings (SSSR count). The second-order valence-electron chi connectivity index (χ2n) is 4.86. The van der Waals surface area contributed by atoms with E-state index in [1.807, 2.05) is 12.1 Å². The van der Waals surface area contributed by atoms with E-state index in [9.17, 15) is 0 Å². The highest BCUT2D eigenvalue weighted by molar-refractivity contribution is 5.39. The molecule has 0 radical (unpaired) electrons. The van der Waals surface area contributed by atoms with Crippen LogP contribution in [0.15, 0.2) is 18.2 Å². The molecule has 0 aliphatic carbocycles. The maximum absolute atomic E-state index is 5.63. The molecule has 1 aromatic heterocycles. The quantitative estimate of drug-likeness (QED) is 0.850. The van der Waals surface area contributed by atoms with Gasteiger partial charge in [-0.2, -0.15) is 0 Å². The summed E-state index contributed by atoms with van der Waals surface area (Å²) in [5.41, 5.74) is 6.59. The normalized spacial score (nSPS) is 21.5. The van der Waals surface area contributed by atoms with Gasteiger partial charge in [0.15, 0.2) is 0 Å². The van der Waals surface area contributed by atoms with Crippen LogP contribution in [0.2, 0.25) is 0 Å². The van der Waals surface area contributed by atoms with E-state index in [1.54, 1.807) is 0 Å². The largest absolute Gasteiger partial charge is 0.355 e. The van der Waals surface area contributed by atoms with E-state index in [0.717, 1.165) is 18.1 Å². The molecule has 1 aliphatic heterocycles. The third-order valence-electron chi connectivity index (χ3n) is 3.51. The van der Waals surface area contributed by atoms with Crippen molar-refractivity contribution in [2.75, 3.05) is 32.1 Å². The van der Waals surface area contributed by atoms with Gasteiger partial charge in [0, 0.05) is 26.2 Å². The summed E-state index contributed by atoms with van der Waals surface area (Å²) < 4.78 is 0. The zero-order chi connectivity index (χ0) is 12.3. The summed E-state index contributed by atoms with van der Waals surface area (Å²) >= 11 is 0. The van der Waals surface area contributed by atoms with E-state index in [-0.39, 0.29) is 0 Å². The number of aromatic nitrogens is 1. The number of likely N-dealkylation sites (tertiary alicyclic amines) is 1. The fourth-order valence-corrected chi connectivity index (χ4v) is 2.42. The van der Waals surface area contributed by atoms with Crippen LogP contribution in [0, 0.1) is 0 Å². The Morgan fingerprint density at radius 1 is 1.53 bits per heavy atom. The molecule has 2 N–H and O–H groups in total. The van der Waals surface area contributed by atoms with Gasteiger partial charge in [-0.15, -0.1) is 0 Å². The van der Waals surface area contributed by atoms with Crippen LogP contribution in [0.3, 0.4) is 0 Å². The second kappa shape index (κ2) is 5.47. The number of anilines is 1. The zero-order valence-corrected chi connectivity index (χ0v) is 10.8. The number of hydrogen-bond acceptors (Lipinski definition) is 4. The average Bonchev–Trinajstić information content (AvgIpc) is 2.38. The summed E-state index contributed by atoms with van der Waals surface area (Å²) in [6.07, 6.45) is 2.51. The van der Waals surface area contributed by atoms with Crippen LogP contribution in [0.5, 0.6) is 0 Å². The van der Waals surface area contributed by atoms with Crippen LogP contribution in [-0.2, 0) is 6.54 Å². The van der Waals surface area contributed by atoms with E-state index in [2.05, 4.69) is 34.9 Å². The number of piperidine rings is 1. The molecule has 4 heteroatoms. The molecule has 1 aromatic rings. The summed E-state index contributed by atoms with van der Waals surface area (Å²) in [7, 11) is 4.32. The van der Waals surface area contributed by atoms with Crippen LogP contribution in [0.1, 0.15) is 18.5 Å². The Morgan fingerprint density at radius 3 is 3.06 bits per heavy atom. The van der Waals surface area contributed by atoms with Crippen molar-refractivity contribution in [3.8, 4) is 0 Å². The number of hydrogen-bond donors (Lipinski definition) is 1. The van der Waals surface area contributed by atoms with Crippen LogP contribution in [-0.4, -0.2) is 43.1 Å². The van der Waals surface area contributed by atoms with Crippen LogP contribution >= 0.6 is 0 Å². The van der Waals surface area contributed by atoms with Crippen molar-refractivity contribution in [2.24, 2.45) is 5.73 Å². The molecule has 17 heavy (non-hydrogen) atoms. The zero-order valence-electron chi connectivity index (χ0n) is 10.8. The molecule has 0 bridgehead atoms. The van der Waals surface area contributed by atoms with Gasteiger partial charge < -0.3 is 15.5 Å². The first-order chi connectivity index (χ1) is 8.20. The fourth-order valence-electron chi connectivity index (χ4n) is 2.42. The van der Waals surface area contributed by atoms with Crippen molar-refractivity contribution in [1.29, 1.82) is 0 Å². The Hall–Kier alpha value is -1.13. The molecule has 1 aliphatic rings. The van der Waals surface area contributed by atoms with Crippen molar-refractivity contribution in [3.05, 3.63) is 23.9 Å². The fraction of sp³-hybridized carbons (Fsp3) is 0.615. The Labute approximate surface area is 103 Å². The maximum atomic E-state index is 5.63. The minimum atomic E-state index is 0.506. The Morgan fingerprint density at radius 2 is 2.35 bits per heavy atom. The van der Waals surface area contributed by atoms with Gasteiger partial charge in [0.25, 0.3) is 0 Å². The number of pyridine rings is 1. The predicted octanol–water partition coefficient (Wildman–Crippen LogP) is 1.07. The number of nitrogens with zero attached hydrogens (tertiary/aromatic N) is 3. The third kappa shape index (κ3) is 2.96. The monoisotopic (exact) mass is 234 g/mol. The lowest BCUT2D eigenvalue weighted by molar-refractivity contribution is 0.247. The van der Waals surface area contributed by atoms with Gasteiger partial charge in [-0.1, -0.05) is 6.07 Å². The minimum Gasteiger partial charge on any atom is -0.355 e. The van der Waals surface area contributed by atoms with E-state index in [4.69, 9.17) is 5.73 Å². The Balaban J connectivity index is 2.09. The van der Waals surface area contributed by atoms with E-state index in [0.29, 0.717) is 12.6 Å². The first kappa shape index (κ1) is 12.3. The second-order valence-corrected chi connectivity index (χ2v) is 4.86. The van der Waals surface area contributed by atoms with Crippen molar-refractivity contribution >= 4 is 5.82 Å². The molecule has 2 heterocycles. The maximum Gasteiger partial charge on any atom is 0.128 e. The third-order valence-corrected chi connectivity index (χ3v) is 3.51. The number of rotatable bonds is 3. The standard InChI is InChI=1S/C13H22N4/c1-16-8-4-6-12(10-16)17(2)13-7-3-5-11(9-14)15-13/h3,5,7,12H,4,6,8-10,14H2,1-2H3. The molecule has 1 unspecified atom stereocenters. The lowest BCUT2D eigenvalue weighted by Gasteiger charge is -2.36. The lowest BCUT2D eigenvalue weighted by atomic mass is 10.1. The molecule has 94 valence electrons. The number of likely N-dealkylation sites (N-methyl/N-ethyl adjacent to an activating group) is 2. The molecule has 0 spiro atoms. The SMILES string of the molecule is CN1CCCC(N(C)c2cccc(CN)n2)C1. The van der Waals surface area contributed by atoms with Crippen molar-refractivity contribution in [3.63, 3.8) is 0 Å². The van der Waals surface area contributed by atoms with Gasteiger partial charge in [0.05, 0.1) is 5.69 Å². The highest BCUT2D eigenvalue weighted by atomic mass is 15.2. The summed E-state index contributed by atoms with van der Waals surface area (Å²) in [6.45, 7) is 2.83. The van der Waals surface area contributed by atoms with Crippen molar-refractivity contribution < 1.29 is 0 Å². The summed E-state index contributed by atoms with van der Waals surface area (Å²) in [5, 5.41) is 0. The van der Waals surface area contributed by atoms with Gasteiger partial charge in [0.1, 0.15) is 5.82 Å².